The molecule has 17 heavy (non-hydrogen) atoms. The van der Waals surface area contributed by atoms with Crippen molar-refractivity contribution in [2.24, 2.45) is 0 Å². The van der Waals surface area contributed by atoms with E-state index in [9.17, 15) is 5.11 Å². The van der Waals surface area contributed by atoms with Crippen molar-refractivity contribution in [2.75, 3.05) is 0 Å². The Morgan fingerprint density at radius 2 is 1.41 bits per heavy atom. The van der Waals surface area contributed by atoms with Gasteiger partial charge in [0.2, 0.25) is 0 Å². The van der Waals surface area contributed by atoms with Crippen LogP contribution in [-0.2, 0) is 0 Å². The van der Waals surface area contributed by atoms with Crippen molar-refractivity contribution < 1.29 is 5.11 Å². The van der Waals surface area contributed by atoms with E-state index in [1.807, 2.05) is 67.6 Å². The van der Waals surface area contributed by atoms with Crippen LogP contribution in [0.25, 0.3) is 0 Å². The van der Waals surface area contributed by atoms with Gasteiger partial charge in [-0.15, -0.1) is 0 Å². The molecular weight excluding hydrogens is 210 g/mol. The third-order valence-electron chi connectivity index (χ3n) is 2.71. The van der Waals surface area contributed by atoms with Crippen LogP contribution in [0.15, 0.2) is 60.7 Å². The zero-order valence-electron chi connectivity index (χ0n) is 9.82. The first-order valence-corrected chi connectivity index (χ1v) is 5.76. The molecule has 0 amide bonds. The lowest BCUT2D eigenvalue weighted by atomic mass is 10.0. The van der Waals surface area contributed by atoms with E-state index in [1.54, 1.807) is 0 Å². The highest BCUT2D eigenvalue weighted by Crippen LogP contribution is 2.19. The highest BCUT2D eigenvalue weighted by atomic mass is 16.3. The Hall–Kier alpha value is -1.80. The summed E-state index contributed by atoms with van der Waals surface area (Å²) in [7, 11) is 0. The summed E-state index contributed by atoms with van der Waals surface area (Å²) in [5.41, 5.74) is 1.80. The van der Waals surface area contributed by atoms with E-state index in [0.29, 0.717) is 0 Å². The summed E-state index contributed by atoms with van der Waals surface area (Å²) >= 11 is 0. The molecule has 0 saturated heterocycles. The largest absolute Gasteiger partial charge is 0.386 e. The lowest BCUT2D eigenvalue weighted by Crippen LogP contribution is -2.23. The molecule has 2 atom stereocenters. The molecule has 0 aliphatic carbocycles. The van der Waals surface area contributed by atoms with Crippen molar-refractivity contribution >= 4 is 5.69 Å². The number of hydrogen-bond donors (Lipinski definition) is 1. The van der Waals surface area contributed by atoms with E-state index >= 15 is 0 Å². The summed E-state index contributed by atoms with van der Waals surface area (Å²) in [6, 6.07) is 19.2. The van der Waals surface area contributed by atoms with E-state index in [4.69, 9.17) is 0 Å². The second-order valence-corrected chi connectivity index (χ2v) is 4.06. The molecule has 1 N–H and O–H groups in total. The molecule has 0 aliphatic heterocycles. The fourth-order valence-corrected chi connectivity index (χ4v) is 1.75. The Bertz CT molecular complexity index is 441. The van der Waals surface area contributed by atoms with Crippen LogP contribution >= 0.6 is 0 Å². The van der Waals surface area contributed by atoms with E-state index < -0.39 is 6.10 Å². The van der Waals surface area contributed by atoms with Gasteiger partial charge < -0.3 is 5.11 Å². The predicted molar refractivity (Wildman–Crippen MR) is 69.1 cm³/mol. The van der Waals surface area contributed by atoms with Crippen molar-refractivity contribution in [3.8, 4) is 0 Å². The van der Waals surface area contributed by atoms with Crippen LogP contribution in [0.4, 0.5) is 5.69 Å². The van der Waals surface area contributed by atoms with Gasteiger partial charge in [0, 0.05) is 0 Å². The minimum atomic E-state index is -0.559. The molecule has 0 aromatic heterocycles. The van der Waals surface area contributed by atoms with Gasteiger partial charge in [-0.3, -0.25) is 5.32 Å². The smallest absolute Gasteiger partial charge is 0.101 e. The molecule has 2 heteroatoms. The lowest BCUT2D eigenvalue weighted by molar-refractivity contribution is 0.142. The summed E-state index contributed by atoms with van der Waals surface area (Å²) in [6.07, 6.45) is -0.559. The van der Waals surface area contributed by atoms with E-state index in [2.05, 4.69) is 5.32 Å². The molecule has 1 radical (unpaired) electrons. The molecular formula is C15H16NO. The molecule has 0 fully saturated rings. The van der Waals surface area contributed by atoms with Gasteiger partial charge in [0.05, 0.1) is 11.7 Å². The number of rotatable bonds is 4. The van der Waals surface area contributed by atoms with Gasteiger partial charge in [-0.1, -0.05) is 48.5 Å². The lowest BCUT2D eigenvalue weighted by Gasteiger charge is -2.19. The van der Waals surface area contributed by atoms with Gasteiger partial charge in [-0.05, 0) is 24.6 Å². The maximum Gasteiger partial charge on any atom is 0.101 e. The van der Waals surface area contributed by atoms with Crippen molar-refractivity contribution in [3.63, 3.8) is 0 Å². The Balaban J connectivity index is 2.03. The van der Waals surface area contributed by atoms with Gasteiger partial charge in [0.15, 0.2) is 0 Å². The van der Waals surface area contributed by atoms with Crippen LogP contribution in [0, 0.1) is 0 Å². The van der Waals surface area contributed by atoms with Crippen molar-refractivity contribution in [2.45, 2.75) is 19.1 Å². The molecule has 0 bridgehead atoms. The van der Waals surface area contributed by atoms with Crippen molar-refractivity contribution in [3.05, 3.63) is 66.2 Å². The summed E-state index contributed by atoms with van der Waals surface area (Å²) < 4.78 is 0. The van der Waals surface area contributed by atoms with Crippen LogP contribution in [-0.4, -0.2) is 11.1 Å². The molecule has 87 valence electrons. The zero-order chi connectivity index (χ0) is 12.1. The average Bonchev–Trinajstić information content (AvgIpc) is 2.40. The fraction of sp³-hybridized carbons (Fsp3) is 0.200. The molecule has 0 heterocycles. The fourth-order valence-electron chi connectivity index (χ4n) is 1.75. The van der Waals surface area contributed by atoms with Gasteiger partial charge in [0.25, 0.3) is 0 Å². The summed E-state index contributed by atoms with van der Waals surface area (Å²) in [4.78, 5) is 0. The maximum absolute atomic E-state index is 10.2. The minimum Gasteiger partial charge on any atom is -0.386 e. The summed E-state index contributed by atoms with van der Waals surface area (Å²) in [5, 5.41) is 14.6. The van der Waals surface area contributed by atoms with Gasteiger partial charge in [-0.25, -0.2) is 0 Å². The normalized spacial score (nSPS) is 14.0. The first-order chi connectivity index (χ1) is 8.27. The number of hydrogen-bond acceptors (Lipinski definition) is 1. The second kappa shape index (κ2) is 5.51. The second-order valence-electron chi connectivity index (χ2n) is 4.06. The molecule has 0 spiro atoms. The Labute approximate surface area is 102 Å². The molecule has 2 aromatic rings. The molecule has 1 unspecified atom stereocenters. The SMILES string of the molecule is C[C@@H]([N]c1ccccc1)C(O)c1ccccc1. The third kappa shape index (κ3) is 3.08. The number of aliphatic hydroxyl groups is 1. The molecule has 2 rings (SSSR count). The van der Waals surface area contributed by atoms with Gasteiger partial charge >= 0.3 is 0 Å². The quantitative estimate of drug-likeness (QED) is 0.854. The number of benzene rings is 2. The monoisotopic (exact) mass is 226 g/mol. The van der Waals surface area contributed by atoms with Crippen molar-refractivity contribution in [1.29, 1.82) is 0 Å². The number of aliphatic hydroxyl groups excluding tert-OH is 1. The van der Waals surface area contributed by atoms with Crippen LogP contribution in [0.3, 0.4) is 0 Å². The van der Waals surface area contributed by atoms with E-state index in [-0.39, 0.29) is 6.04 Å². The van der Waals surface area contributed by atoms with Crippen LogP contribution in [0.2, 0.25) is 0 Å². The third-order valence-corrected chi connectivity index (χ3v) is 2.71. The average molecular weight is 226 g/mol. The minimum absolute atomic E-state index is 0.153. The highest BCUT2D eigenvalue weighted by molar-refractivity contribution is 5.35. The van der Waals surface area contributed by atoms with E-state index in [1.165, 1.54) is 0 Å². The summed E-state index contributed by atoms with van der Waals surface area (Å²) in [5.74, 6) is 0. The van der Waals surface area contributed by atoms with E-state index in [0.717, 1.165) is 11.3 Å². The van der Waals surface area contributed by atoms with Crippen LogP contribution < -0.4 is 5.32 Å². The number of para-hydroxylation sites is 1. The van der Waals surface area contributed by atoms with Crippen LogP contribution in [0.5, 0.6) is 0 Å². The topological polar surface area (TPSA) is 34.3 Å². The van der Waals surface area contributed by atoms with Gasteiger partial charge in [-0.2, -0.15) is 0 Å². The Morgan fingerprint density at radius 1 is 0.882 bits per heavy atom. The standard InChI is InChI=1S/C15H16NO/c1-12(16-14-10-6-3-7-11-14)15(17)13-8-4-2-5-9-13/h2-12,15,17H,1H3/t12-,15?/m1/s1. The zero-order valence-corrected chi connectivity index (χ0v) is 9.82. The van der Waals surface area contributed by atoms with Crippen LogP contribution in [0.1, 0.15) is 18.6 Å². The Kier molecular flexibility index (Phi) is 3.78. The number of nitrogens with zero attached hydrogens (tertiary/aromatic N) is 1. The Morgan fingerprint density at radius 3 is 2.00 bits per heavy atom. The first kappa shape index (κ1) is 11.7. The summed E-state index contributed by atoms with van der Waals surface area (Å²) in [6.45, 7) is 1.92. The molecule has 2 nitrogen and oxygen atoms in total. The van der Waals surface area contributed by atoms with Crippen molar-refractivity contribution in [1.82, 2.24) is 5.32 Å². The maximum atomic E-state index is 10.2. The molecule has 0 aliphatic rings. The predicted octanol–water partition coefficient (Wildman–Crippen LogP) is 3.04. The molecule has 2 aromatic carbocycles. The highest BCUT2D eigenvalue weighted by Gasteiger charge is 2.16. The molecule has 0 saturated carbocycles. The van der Waals surface area contributed by atoms with Gasteiger partial charge in [0.1, 0.15) is 6.10 Å². The first-order valence-electron chi connectivity index (χ1n) is 5.76.